The minimum Gasteiger partial charge on any atom is -0.508 e. The van der Waals surface area contributed by atoms with E-state index in [1.165, 1.54) is 48.6 Å². The summed E-state index contributed by atoms with van der Waals surface area (Å²) in [7, 11) is 0. The van der Waals surface area contributed by atoms with Crippen molar-refractivity contribution in [3.63, 3.8) is 0 Å². The molecular weight excluding hydrogens is 1060 g/mol. The van der Waals surface area contributed by atoms with Crippen molar-refractivity contribution in [3.8, 4) is 5.75 Å². The largest absolute Gasteiger partial charge is 0.508 e. The molecule has 1 aliphatic heterocycles. The highest BCUT2D eigenvalue weighted by molar-refractivity contribution is 6.00. The van der Waals surface area contributed by atoms with Crippen molar-refractivity contribution in [2.24, 2.45) is 29.0 Å². The number of hydrogen-bond donors (Lipinski definition) is 14. The Morgan fingerprint density at radius 3 is 1.90 bits per heavy atom. The maximum Gasteiger partial charge on any atom is 0.325 e. The van der Waals surface area contributed by atoms with E-state index in [4.69, 9.17) is 17.2 Å². The van der Waals surface area contributed by atoms with Gasteiger partial charge in [0.15, 0.2) is 0 Å². The number of primary amides is 2. The Labute approximate surface area is 473 Å². The molecule has 5 rings (SSSR count). The number of phenols is 1. The second-order valence-electron chi connectivity index (χ2n) is 21.1. The lowest BCUT2D eigenvalue weighted by Gasteiger charge is -2.31. The standard InChI is InChI=1S/C55H76N14O13/c1-6-29(4)46(58)53(79)63-37(17-18-44(56)71)47(73)65-40(23-33-26-59-27-61-33)50(76)64-39(22-32-25-60-36-11-8-7-10-35(32)36)49(75)66-41(24-45(57)72)51(77)68-42(21-31-13-15-34(70)16-14-31)54(80)69-19-9-12-43(69)52(78)67-38(20-28(2)3)48(74)62-30(5)55(81)82/h7-8,10-11,13-16,25-30,37-43,46,60,70H,6,9,12,17-24,58H2,1-5H3,(H2,56,71)(H2,57,72)(H,59,61)(H,62,74)(H,63,79)(H,64,76)(H,65,73)(H,66,75)(H,67,78)(H,68,77)(H,81,82)/t29-,30-,37-,38-,39-,40-,41-,42-,43-,46-/m0/s1. The van der Waals surface area contributed by atoms with E-state index in [0.29, 0.717) is 40.6 Å². The fraction of sp³-hybridized carbons (Fsp3) is 0.491. The lowest BCUT2D eigenvalue weighted by atomic mass is 9.98. The van der Waals surface area contributed by atoms with E-state index in [-0.39, 0.29) is 69.1 Å². The summed E-state index contributed by atoms with van der Waals surface area (Å²) in [6, 6.07) is 0.329. The number of amides is 10. The number of hydrogen-bond acceptors (Lipinski definition) is 14. The monoisotopic (exact) mass is 1140 g/mol. The first-order chi connectivity index (χ1) is 38.8. The highest BCUT2D eigenvalue weighted by atomic mass is 16.4. The van der Waals surface area contributed by atoms with Gasteiger partial charge in [-0.1, -0.05) is 64.4 Å². The predicted octanol–water partition coefficient (Wildman–Crippen LogP) is -1.33. The SMILES string of the molecule is CC[C@H](C)[C@H](N)C(=O)N[C@@H](CCC(N)=O)C(=O)N[C@@H](Cc1cnc[nH]1)C(=O)N[C@@H](Cc1c[nH]c2ccccc12)C(=O)N[C@@H](CC(N)=O)C(=O)N[C@@H](Cc1ccc(O)cc1)C(=O)N1CCC[C@H]1C(=O)N[C@@H](CC(C)C)C(=O)N[C@@H](C)C(=O)O. The first-order valence-corrected chi connectivity index (χ1v) is 27.1. The molecule has 1 saturated heterocycles. The molecule has 27 heteroatoms. The van der Waals surface area contributed by atoms with Crippen molar-refractivity contribution in [1.29, 1.82) is 0 Å². The van der Waals surface area contributed by atoms with Crippen LogP contribution in [0.25, 0.3) is 10.9 Å². The molecule has 3 heterocycles. The van der Waals surface area contributed by atoms with Gasteiger partial charge in [-0.15, -0.1) is 0 Å². The molecule has 1 aliphatic rings. The lowest BCUT2D eigenvalue weighted by Crippen LogP contribution is -2.61. The number of aromatic nitrogens is 3. The number of carbonyl (C=O) groups excluding carboxylic acids is 10. The van der Waals surface area contributed by atoms with Crippen LogP contribution in [0.5, 0.6) is 5.75 Å². The van der Waals surface area contributed by atoms with Gasteiger partial charge in [0.25, 0.3) is 0 Å². The molecule has 4 aromatic rings. The number of nitrogens with zero attached hydrogens (tertiary/aromatic N) is 2. The Morgan fingerprint density at radius 2 is 1.29 bits per heavy atom. The van der Waals surface area contributed by atoms with E-state index in [0.717, 1.165) is 0 Å². The summed E-state index contributed by atoms with van der Waals surface area (Å²) in [5.74, 6) is -10.5. The summed E-state index contributed by atoms with van der Waals surface area (Å²) in [5, 5.41) is 38.2. The number of aliphatic carboxylic acids is 1. The van der Waals surface area contributed by atoms with Crippen molar-refractivity contribution < 1.29 is 63.0 Å². The number of aromatic amines is 2. The zero-order chi connectivity index (χ0) is 60.4. The normalized spacial score (nSPS) is 16.4. The van der Waals surface area contributed by atoms with Crippen molar-refractivity contribution in [2.75, 3.05) is 6.54 Å². The second-order valence-corrected chi connectivity index (χ2v) is 21.1. The minimum atomic E-state index is -1.81. The van der Waals surface area contributed by atoms with Gasteiger partial charge in [-0.2, -0.15) is 0 Å². The van der Waals surface area contributed by atoms with Gasteiger partial charge < -0.3 is 79.5 Å². The third kappa shape index (κ3) is 18.6. The number of benzene rings is 2. The summed E-state index contributed by atoms with van der Waals surface area (Å²) < 4.78 is 0. The molecule has 10 amide bonds. The average Bonchev–Trinajstić information content (AvgIpc) is 4.25. The third-order valence-corrected chi connectivity index (χ3v) is 14.2. The van der Waals surface area contributed by atoms with Crippen LogP contribution in [-0.2, 0) is 72.0 Å². The highest BCUT2D eigenvalue weighted by Gasteiger charge is 2.41. The molecule has 17 N–H and O–H groups in total. The molecule has 0 radical (unpaired) electrons. The number of phenolic OH excluding ortho intramolecular Hbond substituents is 1. The van der Waals surface area contributed by atoms with Crippen LogP contribution < -0.4 is 54.4 Å². The van der Waals surface area contributed by atoms with Crippen molar-refractivity contribution in [2.45, 2.75) is 153 Å². The van der Waals surface area contributed by atoms with Crippen molar-refractivity contribution >= 4 is 75.9 Å². The number of nitrogens with one attached hydrogen (secondary N) is 9. The Balaban J connectivity index is 1.46. The van der Waals surface area contributed by atoms with Crippen LogP contribution in [0.3, 0.4) is 0 Å². The van der Waals surface area contributed by atoms with E-state index in [2.05, 4.69) is 52.2 Å². The van der Waals surface area contributed by atoms with Crippen LogP contribution in [0, 0.1) is 11.8 Å². The minimum absolute atomic E-state index is 0.0313. The quantitative estimate of drug-likeness (QED) is 0.0278. The zero-order valence-corrected chi connectivity index (χ0v) is 46.5. The Bertz CT molecular complexity index is 2910. The van der Waals surface area contributed by atoms with Crippen LogP contribution in [0.2, 0.25) is 0 Å². The topological polar surface area (TPSA) is 438 Å². The van der Waals surface area contributed by atoms with Crippen molar-refractivity contribution in [3.05, 3.63) is 84.1 Å². The summed E-state index contributed by atoms with van der Waals surface area (Å²) in [6.45, 7) is 8.48. The first-order valence-electron chi connectivity index (χ1n) is 27.1. The van der Waals surface area contributed by atoms with Gasteiger partial charge in [0.2, 0.25) is 59.1 Å². The molecule has 0 saturated carbocycles. The average molecular weight is 1140 g/mol. The number of fused-ring (bicyclic) bond motifs is 1. The van der Waals surface area contributed by atoms with Crippen LogP contribution in [-0.4, -0.2) is 156 Å². The molecule has 2 aromatic heterocycles. The summed E-state index contributed by atoms with van der Waals surface area (Å²) in [6.07, 6.45) is 3.32. The molecule has 2 aromatic carbocycles. The van der Waals surface area contributed by atoms with E-state index >= 15 is 0 Å². The number of rotatable bonds is 31. The number of para-hydroxylation sites is 1. The number of aromatic hydroxyl groups is 1. The molecular formula is C55H76N14O13. The van der Waals surface area contributed by atoms with Gasteiger partial charge in [0.05, 0.1) is 18.8 Å². The molecule has 82 heavy (non-hydrogen) atoms. The Hall–Kier alpha value is -8.88. The first kappa shape index (κ1) is 63.9. The van der Waals surface area contributed by atoms with Crippen molar-refractivity contribution in [1.82, 2.24) is 57.1 Å². The van der Waals surface area contributed by atoms with Gasteiger partial charge in [-0.25, -0.2) is 4.98 Å². The smallest absolute Gasteiger partial charge is 0.325 e. The highest BCUT2D eigenvalue weighted by Crippen LogP contribution is 2.23. The molecule has 0 spiro atoms. The third-order valence-electron chi connectivity index (χ3n) is 14.2. The molecule has 444 valence electrons. The number of likely N-dealkylation sites (tertiary alicyclic amines) is 1. The molecule has 0 bridgehead atoms. The molecule has 10 atom stereocenters. The number of carboxylic acids is 1. The van der Waals surface area contributed by atoms with E-state index in [1.54, 1.807) is 51.2 Å². The fourth-order valence-corrected chi connectivity index (χ4v) is 9.31. The van der Waals surface area contributed by atoms with Gasteiger partial charge in [0, 0.05) is 61.2 Å². The maximum absolute atomic E-state index is 14.8. The molecule has 27 nitrogen and oxygen atoms in total. The van der Waals surface area contributed by atoms with Gasteiger partial charge in [-0.05, 0) is 73.8 Å². The maximum atomic E-state index is 14.8. The van der Waals surface area contributed by atoms with E-state index in [1.807, 2.05) is 6.92 Å². The number of H-pyrrole nitrogens is 2. The Kier molecular flexibility index (Phi) is 23.5. The summed E-state index contributed by atoms with van der Waals surface area (Å²) >= 11 is 0. The van der Waals surface area contributed by atoms with E-state index < -0.39 is 126 Å². The van der Waals surface area contributed by atoms with Crippen LogP contribution in [0.15, 0.2) is 67.3 Å². The van der Waals surface area contributed by atoms with E-state index in [9.17, 15) is 63.0 Å². The fourth-order valence-electron chi connectivity index (χ4n) is 9.31. The molecule has 0 unspecified atom stereocenters. The van der Waals surface area contributed by atoms with Gasteiger partial charge in [0.1, 0.15) is 54.1 Å². The number of carboxylic acid groups (broad SMARTS) is 1. The number of nitrogens with two attached hydrogens (primary N) is 3. The second kappa shape index (κ2) is 30.1. The molecule has 0 aliphatic carbocycles. The molecule has 1 fully saturated rings. The number of carbonyl (C=O) groups is 11. The van der Waals surface area contributed by atoms with Crippen LogP contribution >= 0.6 is 0 Å². The summed E-state index contributed by atoms with van der Waals surface area (Å²) in [4.78, 5) is 161. The summed E-state index contributed by atoms with van der Waals surface area (Å²) in [5.41, 5.74) is 19.2. The lowest BCUT2D eigenvalue weighted by molar-refractivity contribution is -0.143. The van der Waals surface area contributed by atoms with Gasteiger partial charge >= 0.3 is 5.97 Å². The predicted molar refractivity (Wildman–Crippen MR) is 297 cm³/mol. The Morgan fingerprint density at radius 1 is 0.695 bits per heavy atom. The number of imidazole rings is 1. The van der Waals surface area contributed by atoms with Crippen LogP contribution in [0.1, 0.15) is 96.4 Å². The zero-order valence-electron chi connectivity index (χ0n) is 46.5. The van der Waals surface area contributed by atoms with Gasteiger partial charge in [-0.3, -0.25) is 52.7 Å². The van der Waals surface area contributed by atoms with Crippen LogP contribution in [0.4, 0.5) is 0 Å².